The Bertz CT molecular complexity index is 114. The van der Waals surface area contributed by atoms with E-state index >= 15 is 0 Å². The zero-order valence-corrected chi connectivity index (χ0v) is 2.81. The van der Waals surface area contributed by atoms with Crippen LogP contribution in [0, 0.1) is 12.0 Å². The van der Waals surface area contributed by atoms with Crippen molar-refractivity contribution in [2.75, 3.05) is 0 Å². The van der Waals surface area contributed by atoms with E-state index in [4.69, 9.17) is 0 Å². The summed E-state index contributed by atoms with van der Waals surface area (Å²) >= 11 is 0. The van der Waals surface area contributed by atoms with Crippen LogP contribution in [0.15, 0.2) is 10.8 Å². The maximum absolute atomic E-state index is 11.5. The zero-order valence-electron chi connectivity index (χ0n) is 2.81. The Morgan fingerprint density at radius 1 is 2.00 bits per heavy atom. The highest BCUT2D eigenvalue weighted by Crippen LogP contribution is 1.87. The molecule has 0 unspecified atom stereocenters. The van der Waals surface area contributed by atoms with Crippen molar-refractivity contribution in [1.29, 1.82) is 0 Å². The van der Waals surface area contributed by atoms with Crippen LogP contribution in [0.25, 0.3) is 0 Å². The molecule has 2 nitrogen and oxygen atoms in total. The molecule has 0 fully saturated rings. The predicted octanol–water partition coefficient (Wildman–Crippen LogP) is 0.614. The molecular formula is C3HFNO. The highest BCUT2D eigenvalue weighted by atomic mass is 19.1. The monoisotopic (exact) mass is 86.0 g/mol. The second-order valence-corrected chi connectivity index (χ2v) is 0.774. The number of nitrogens with zero attached hydrogens (tertiary/aromatic N) is 1. The normalized spacial score (nSPS) is 8.83. The fourth-order valence-corrected chi connectivity index (χ4v) is 0.169. The van der Waals surface area contributed by atoms with Gasteiger partial charge in [-0.25, -0.2) is 4.39 Å². The molecule has 1 radical (unpaired) electrons. The van der Waals surface area contributed by atoms with Crippen LogP contribution in [0.2, 0.25) is 0 Å². The molecule has 0 saturated heterocycles. The zero-order chi connectivity index (χ0) is 4.41. The van der Waals surface area contributed by atoms with Gasteiger partial charge in [0.1, 0.15) is 0 Å². The first kappa shape index (κ1) is 3.33. The summed E-state index contributed by atoms with van der Waals surface area (Å²) in [4.78, 5) is 0. The van der Waals surface area contributed by atoms with E-state index in [1.54, 1.807) is 0 Å². The Labute approximate surface area is 33.6 Å². The van der Waals surface area contributed by atoms with Crippen LogP contribution in [-0.4, -0.2) is 5.16 Å². The molecule has 1 rings (SSSR count). The van der Waals surface area contributed by atoms with Crippen LogP contribution in [0.1, 0.15) is 0 Å². The molecule has 0 bridgehead atoms. The Kier molecular flexibility index (Phi) is 0.602. The summed E-state index contributed by atoms with van der Waals surface area (Å²) in [5, 5.41) is 2.95. The van der Waals surface area contributed by atoms with Gasteiger partial charge in [-0.1, -0.05) is 5.16 Å². The Morgan fingerprint density at radius 2 is 2.83 bits per heavy atom. The summed E-state index contributed by atoms with van der Waals surface area (Å²) in [6.07, 6.45) is 2.79. The van der Waals surface area contributed by atoms with E-state index < -0.39 is 5.82 Å². The molecule has 0 aliphatic rings. The van der Waals surface area contributed by atoms with E-state index in [9.17, 15) is 4.39 Å². The molecule has 0 aliphatic heterocycles. The Morgan fingerprint density at radius 3 is 3.00 bits per heavy atom. The predicted molar refractivity (Wildman–Crippen MR) is 15.3 cm³/mol. The molecule has 0 N–H and O–H groups in total. The molecule has 0 saturated carbocycles. The lowest BCUT2D eigenvalue weighted by molar-refractivity contribution is 0.413. The average molecular weight is 86.0 g/mol. The molecule has 0 spiro atoms. The van der Waals surface area contributed by atoms with Crippen molar-refractivity contribution in [3.05, 3.63) is 18.3 Å². The fraction of sp³-hybridized carbons (Fsp3) is 0. The third kappa shape index (κ3) is 0.381. The van der Waals surface area contributed by atoms with Crippen molar-refractivity contribution in [3.63, 3.8) is 0 Å². The number of hydrogen-bond acceptors (Lipinski definition) is 2. The van der Waals surface area contributed by atoms with E-state index in [0.717, 1.165) is 6.26 Å². The van der Waals surface area contributed by atoms with E-state index in [1.807, 2.05) is 6.20 Å². The largest absolute Gasteiger partial charge is 0.361 e. The molecule has 3 heteroatoms. The average Bonchev–Trinajstić information content (AvgIpc) is 1.86. The summed E-state index contributed by atoms with van der Waals surface area (Å²) in [7, 11) is 0. The summed E-state index contributed by atoms with van der Waals surface area (Å²) in [5.74, 6) is -0.560. The number of aromatic nitrogens is 1. The summed E-state index contributed by atoms with van der Waals surface area (Å²) in [6.45, 7) is 0. The summed E-state index contributed by atoms with van der Waals surface area (Å²) in [6, 6.07) is 0. The van der Waals surface area contributed by atoms with Gasteiger partial charge in [0, 0.05) is 0 Å². The van der Waals surface area contributed by atoms with Crippen molar-refractivity contribution >= 4 is 0 Å². The van der Waals surface area contributed by atoms with E-state index in [2.05, 4.69) is 9.68 Å². The second-order valence-electron chi connectivity index (χ2n) is 0.774. The van der Waals surface area contributed by atoms with Crippen molar-refractivity contribution in [3.8, 4) is 0 Å². The minimum absolute atomic E-state index is 0.560. The summed E-state index contributed by atoms with van der Waals surface area (Å²) in [5.41, 5.74) is 0. The van der Waals surface area contributed by atoms with E-state index in [-0.39, 0.29) is 0 Å². The minimum atomic E-state index is -0.560. The third-order valence-electron chi connectivity index (χ3n) is 0.361. The first-order chi connectivity index (χ1) is 2.89. The lowest BCUT2D eigenvalue weighted by Gasteiger charge is -1.54. The Hall–Kier alpha value is -0.860. The first-order valence-electron chi connectivity index (χ1n) is 1.37. The molecule has 6 heavy (non-hydrogen) atoms. The summed E-state index contributed by atoms with van der Waals surface area (Å²) < 4.78 is 15.5. The number of halogens is 1. The minimum Gasteiger partial charge on any atom is -0.361 e. The highest BCUT2D eigenvalue weighted by molar-refractivity contribution is 4.72. The first-order valence-corrected chi connectivity index (χ1v) is 1.37. The lowest BCUT2D eigenvalue weighted by atomic mass is 10.7. The third-order valence-corrected chi connectivity index (χ3v) is 0.361. The SMILES string of the molecule is Fc1[c]noc1. The molecule has 31 valence electrons. The second kappa shape index (κ2) is 1.08. The van der Waals surface area contributed by atoms with Gasteiger partial charge in [-0.2, -0.15) is 0 Å². The van der Waals surface area contributed by atoms with Crippen LogP contribution < -0.4 is 0 Å². The lowest BCUT2D eigenvalue weighted by Crippen LogP contribution is -1.53. The van der Waals surface area contributed by atoms with Gasteiger partial charge >= 0.3 is 0 Å². The standard InChI is InChI=1S/C3HFNO/c4-3-1-5-6-2-3/h2H. The van der Waals surface area contributed by atoms with Gasteiger partial charge in [-0.15, -0.1) is 0 Å². The number of rotatable bonds is 0. The van der Waals surface area contributed by atoms with Crippen LogP contribution >= 0.6 is 0 Å². The molecule has 0 amide bonds. The topological polar surface area (TPSA) is 26.0 Å². The maximum Gasteiger partial charge on any atom is 0.192 e. The van der Waals surface area contributed by atoms with Crippen molar-refractivity contribution < 1.29 is 8.91 Å². The van der Waals surface area contributed by atoms with Crippen molar-refractivity contribution in [2.45, 2.75) is 0 Å². The van der Waals surface area contributed by atoms with Gasteiger partial charge in [-0.3, -0.25) is 0 Å². The maximum atomic E-state index is 11.5. The molecule has 0 aliphatic carbocycles. The van der Waals surface area contributed by atoms with Crippen LogP contribution in [0.5, 0.6) is 0 Å². The van der Waals surface area contributed by atoms with Gasteiger partial charge in [0.25, 0.3) is 0 Å². The van der Waals surface area contributed by atoms with E-state index in [0.29, 0.717) is 0 Å². The van der Waals surface area contributed by atoms with Crippen LogP contribution in [0.3, 0.4) is 0 Å². The van der Waals surface area contributed by atoms with E-state index in [1.165, 1.54) is 0 Å². The number of hydrogen-bond donors (Lipinski definition) is 0. The van der Waals surface area contributed by atoms with Crippen molar-refractivity contribution in [1.82, 2.24) is 5.16 Å². The van der Waals surface area contributed by atoms with Crippen LogP contribution in [-0.2, 0) is 0 Å². The molecule has 0 aromatic carbocycles. The van der Waals surface area contributed by atoms with Gasteiger partial charge in [0.05, 0.1) is 0 Å². The Balaban J connectivity index is 3.05. The molecule has 1 aromatic rings. The molecule has 1 aromatic heterocycles. The van der Waals surface area contributed by atoms with Crippen molar-refractivity contribution in [2.24, 2.45) is 0 Å². The van der Waals surface area contributed by atoms with Crippen LogP contribution in [0.4, 0.5) is 4.39 Å². The van der Waals surface area contributed by atoms with Gasteiger partial charge in [0.2, 0.25) is 0 Å². The molecular weight excluding hydrogens is 85.0 g/mol. The van der Waals surface area contributed by atoms with Gasteiger partial charge in [-0.05, 0) is 0 Å². The smallest absolute Gasteiger partial charge is 0.192 e. The molecule has 0 atom stereocenters. The van der Waals surface area contributed by atoms with Gasteiger partial charge < -0.3 is 4.52 Å². The quantitative estimate of drug-likeness (QED) is 0.462. The van der Waals surface area contributed by atoms with Gasteiger partial charge in [0.15, 0.2) is 18.3 Å². The highest BCUT2D eigenvalue weighted by Gasteiger charge is 1.85. The molecule has 1 heterocycles. The fourth-order valence-electron chi connectivity index (χ4n) is 0.169.